The van der Waals surface area contributed by atoms with Crippen LogP contribution >= 0.6 is 0 Å². The maximum Gasteiger partial charge on any atom is 0.316 e. The Hall–Kier alpha value is -2.82. The molecule has 0 heterocycles. The van der Waals surface area contributed by atoms with Crippen LogP contribution in [0.3, 0.4) is 0 Å². The number of carboxylic acid groups (broad SMARTS) is 1. The van der Waals surface area contributed by atoms with Crippen molar-refractivity contribution in [3.63, 3.8) is 0 Å². The van der Waals surface area contributed by atoms with Gasteiger partial charge in [0.15, 0.2) is 0 Å². The molecule has 0 aliphatic carbocycles. The lowest BCUT2D eigenvalue weighted by Gasteiger charge is -2.15. The van der Waals surface area contributed by atoms with Crippen LogP contribution in [0.1, 0.15) is 11.1 Å². The molecule has 2 aromatic carbocycles. The monoisotopic (exact) mass is 284 g/mol. The largest absolute Gasteiger partial charge is 0.481 e. The van der Waals surface area contributed by atoms with Gasteiger partial charge < -0.3 is 16.2 Å². The normalized spacial score (nSPS) is 10.1. The first kappa shape index (κ1) is 14.6. The Morgan fingerprint density at radius 1 is 1.10 bits per heavy atom. The molecule has 2 amide bonds. The first-order chi connectivity index (χ1) is 9.99. The molecular weight excluding hydrogens is 268 g/mol. The molecule has 0 unspecified atom stereocenters. The van der Waals surface area contributed by atoms with Gasteiger partial charge in [0.05, 0.1) is 12.1 Å². The van der Waals surface area contributed by atoms with E-state index >= 15 is 0 Å². The van der Waals surface area contributed by atoms with E-state index in [-0.39, 0.29) is 6.42 Å². The first-order valence-electron chi connectivity index (χ1n) is 6.45. The molecule has 0 saturated carbocycles. The van der Waals surface area contributed by atoms with Crippen LogP contribution in [0.4, 0.5) is 10.5 Å². The van der Waals surface area contributed by atoms with E-state index in [0.717, 1.165) is 16.7 Å². The predicted octanol–water partition coefficient (Wildman–Crippen LogP) is 2.78. The number of benzene rings is 2. The Balaban J connectivity index is 2.62. The van der Waals surface area contributed by atoms with E-state index in [2.05, 4.69) is 5.32 Å². The van der Waals surface area contributed by atoms with E-state index in [1.165, 1.54) is 0 Å². The summed E-state index contributed by atoms with van der Waals surface area (Å²) in [5.74, 6) is -0.968. The molecule has 108 valence electrons. The van der Waals surface area contributed by atoms with Gasteiger partial charge in [-0.05, 0) is 23.6 Å². The molecule has 0 bridgehead atoms. The topological polar surface area (TPSA) is 92.4 Å². The summed E-state index contributed by atoms with van der Waals surface area (Å²) in [6.45, 7) is 1.95. The summed E-state index contributed by atoms with van der Waals surface area (Å²) in [7, 11) is 0. The number of hydrogen-bond donors (Lipinski definition) is 3. The van der Waals surface area contributed by atoms with Crippen molar-refractivity contribution >= 4 is 17.7 Å². The minimum atomic E-state index is -0.968. The molecule has 0 fully saturated rings. The summed E-state index contributed by atoms with van der Waals surface area (Å²) in [6.07, 6.45) is -0.185. The number of primary amides is 1. The molecule has 0 aromatic heterocycles. The van der Waals surface area contributed by atoms with Crippen molar-refractivity contribution in [2.75, 3.05) is 5.32 Å². The highest BCUT2D eigenvalue weighted by molar-refractivity contribution is 5.96. The number of hydrogen-bond acceptors (Lipinski definition) is 2. The van der Waals surface area contributed by atoms with Crippen molar-refractivity contribution in [2.45, 2.75) is 13.3 Å². The second kappa shape index (κ2) is 6.09. The van der Waals surface area contributed by atoms with E-state index in [1.54, 1.807) is 12.1 Å². The van der Waals surface area contributed by atoms with Crippen molar-refractivity contribution in [3.05, 3.63) is 53.6 Å². The highest BCUT2D eigenvalue weighted by Crippen LogP contribution is 2.33. The van der Waals surface area contributed by atoms with Crippen LogP contribution in [0.2, 0.25) is 0 Å². The zero-order valence-corrected chi connectivity index (χ0v) is 11.6. The first-order valence-corrected chi connectivity index (χ1v) is 6.45. The van der Waals surface area contributed by atoms with E-state index in [0.29, 0.717) is 11.3 Å². The molecule has 0 aliphatic heterocycles. The lowest BCUT2D eigenvalue weighted by Crippen LogP contribution is -2.21. The Morgan fingerprint density at radius 2 is 1.76 bits per heavy atom. The molecule has 5 nitrogen and oxygen atoms in total. The average molecular weight is 284 g/mol. The predicted molar refractivity (Wildman–Crippen MR) is 81.2 cm³/mol. The lowest BCUT2D eigenvalue weighted by atomic mass is 9.95. The number of nitrogens with one attached hydrogen (secondary N) is 1. The summed E-state index contributed by atoms with van der Waals surface area (Å²) in [6, 6.07) is 12.2. The highest BCUT2D eigenvalue weighted by Gasteiger charge is 2.14. The van der Waals surface area contributed by atoms with Gasteiger partial charge >= 0.3 is 12.0 Å². The number of carbonyl (C=O) groups excluding carboxylic acids is 1. The number of carboxylic acids is 1. The summed E-state index contributed by atoms with van der Waals surface area (Å²) >= 11 is 0. The Bertz CT molecular complexity index is 696. The van der Waals surface area contributed by atoms with Crippen molar-refractivity contribution in [1.82, 2.24) is 0 Å². The fraction of sp³-hybridized carbons (Fsp3) is 0.125. The van der Waals surface area contributed by atoms with Gasteiger partial charge in [0.1, 0.15) is 0 Å². The number of rotatable bonds is 4. The fourth-order valence-corrected chi connectivity index (χ4v) is 2.28. The van der Waals surface area contributed by atoms with Gasteiger partial charge in [-0.1, -0.05) is 42.5 Å². The number of carbonyl (C=O) groups is 2. The summed E-state index contributed by atoms with van der Waals surface area (Å²) in [4.78, 5) is 22.2. The maximum absolute atomic E-state index is 11.2. The van der Waals surface area contributed by atoms with Crippen molar-refractivity contribution in [3.8, 4) is 11.1 Å². The maximum atomic E-state index is 11.2. The average Bonchev–Trinajstić information content (AvgIpc) is 2.40. The molecule has 0 aliphatic rings. The van der Waals surface area contributed by atoms with Gasteiger partial charge in [-0.2, -0.15) is 0 Å². The quantitative estimate of drug-likeness (QED) is 0.806. The number of amides is 2. The van der Waals surface area contributed by atoms with Crippen molar-refractivity contribution in [2.24, 2.45) is 5.73 Å². The van der Waals surface area contributed by atoms with Crippen LogP contribution < -0.4 is 11.1 Å². The summed E-state index contributed by atoms with van der Waals surface area (Å²) in [5.41, 5.74) is 8.88. The van der Waals surface area contributed by atoms with Crippen LogP contribution in [0, 0.1) is 6.92 Å². The smallest absolute Gasteiger partial charge is 0.316 e. The standard InChI is InChI=1S/C16H16N2O3/c1-10-5-2-3-7-12(10)13-8-4-6-11(9-14(19)20)15(13)18-16(17)21/h2-8H,9H2,1H3,(H,19,20)(H3,17,18,21). The second-order valence-corrected chi connectivity index (χ2v) is 4.71. The van der Waals surface area contributed by atoms with Gasteiger partial charge in [0, 0.05) is 5.56 Å². The molecular formula is C16H16N2O3. The van der Waals surface area contributed by atoms with Crippen LogP contribution in [0.25, 0.3) is 11.1 Å². The zero-order valence-electron chi connectivity index (χ0n) is 11.6. The second-order valence-electron chi connectivity index (χ2n) is 4.71. The minimum Gasteiger partial charge on any atom is -0.481 e. The van der Waals surface area contributed by atoms with E-state index < -0.39 is 12.0 Å². The molecule has 2 rings (SSSR count). The third-order valence-electron chi connectivity index (χ3n) is 3.18. The number of para-hydroxylation sites is 1. The molecule has 21 heavy (non-hydrogen) atoms. The molecule has 0 atom stereocenters. The van der Waals surface area contributed by atoms with Crippen LogP contribution in [0.15, 0.2) is 42.5 Å². The molecule has 0 saturated heterocycles. The number of aryl methyl sites for hydroxylation is 1. The van der Waals surface area contributed by atoms with E-state index in [4.69, 9.17) is 10.8 Å². The summed E-state index contributed by atoms with van der Waals surface area (Å²) in [5, 5.41) is 11.5. The van der Waals surface area contributed by atoms with Crippen molar-refractivity contribution < 1.29 is 14.7 Å². The van der Waals surface area contributed by atoms with E-state index in [9.17, 15) is 9.59 Å². The number of aliphatic carboxylic acids is 1. The molecule has 0 spiro atoms. The molecule has 4 N–H and O–H groups in total. The zero-order chi connectivity index (χ0) is 15.4. The summed E-state index contributed by atoms with van der Waals surface area (Å²) < 4.78 is 0. The SMILES string of the molecule is Cc1ccccc1-c1cccc(CC(=O)O)c1NC(N)=O. The van der Waals surface area contributed by atoms with Gasteiger partial charge in [0.25, 0.3) is 0 Å². The van der Waals surface area contributed by atoms with Gasteiger partial charge in [0.2, 0.25) is 0 Å². The van der Waals surface area contributed by atoms with Gasteiger partial charge in [-0.25, -0.2) is 4.79 Å². The number of nitrogens with two attached hydrogens (primary N) is 1. The number of urea groups is 1. The lowest BCUT2D eigenvalue weighted by molar-refractivity contribution is -0.136. The van der Waals surface area contributed by atoms with Crippen LogP contribution in [-0.4, -0.2) is 17.1 Å². The fourth-order valence-electron chi connectivity index (χ4n) is 2.28. The third kappa shape index (κ3) is 3.39. The highest BCUT2D eigenvalue weighted by atomic mass is 16.4. The number of anilines is 1. The van der Waals surface area contributed by atoms with E-state index in [1.807, 2.05) is 37.3 Å². The molecule has 2 aromatic rings. The Kier molecular flexibility index (Phi) is 4.23. The minimum absolute atomic E-state index is 0.185. The molecule has 0 radical (unpaired) electrons. The van der Waals surface area contributed by atoms with Crippen molar-refractivity contribution in [1.29, 1.82) is 0 Å². The van der Waals surface area contributed by atoms with Crippen LogP contribution in [-0.2, 0) is 11.2 Å². The Labute approximate surface area is 122 Å². The third-order valence-corrected chi connectivity index (χ3v) is 3.18. The Morgan fingerprint density at radius 3 is 2.38 bits per heavy atom. The van der Waals surface area contributed by atoms with Gasteiger partial charge in [-0.15, -0.1) is 0 Å². The van der Waals surface area contributed by atoms with Crippen LogP contribution in [0.5, 0.6) is 0 Å². The van der Waals surface area contributed by atoms with Gasteiger partial charge in [-0.3, -0.25) is 4.79 Å². The molecule has 5 heteroatoms.